The number of phenolic OH excluding ortho intramolecular Hbond substituents is 2. The molecule has 0 unspecified atom stereocenters. The quantitative estimate of drug-likeness (QED) is 0.524. The van der Waals surface area contributed by atoms with Crippen molar-refractivity contribution >= 4 is 5.91 Å². The van der Waals surface area contributed by atoms with Gasteiger partial charge in [0.25, 0.3) is 0 Å². The summed E-state index contributed by atoms with van der Waals surface area (Å²) >= 11 is 0. The molecule has 0 heterocycles. The van der Waals surface area contributed by atoms with Crippen LogP contribution in [0.2, 0.25) is 0 Å². The molecule has 3 aromatic carbocycles. The third kappa shape index (κ3) is 5.77. The van der Waals surface area contributed by atoms with Crippen LogP contribution in [0, 0.1) is 0 Å². The highest BCUT2D eigenvalue weighted by Gasteiger charge is 2.08. The van der Waals surface area contributed by atoms with Gasteiger partial charge in [-0.1, -0.05) is 42.5 Å². The second-order valence-electron chi connectivity index (χ2n) is 6.51. The number of aromatic hydroxyl groups is 2. The van der Waals surface area contributed by atoms with Gasteiger partial charge >= 0.3 is 0 Å². The summed E-state index contributed by atoms with van der Waals surface area (Å²) in [6.45, 7) is 0.981. The van der Waals surface area contributed by atoms with Crippen LogP contribution in [0.15, 0.2) is 72.8 Å². The van der Waals surface area contributed by atoms with Crippen LogP contribution >= 0.6 is 0 Å². The maximum absolute atomic E-state index is 12.1. The van der Waals surface area contributed by atoms with E-state index in [2.05, 4.69) is 5.32 Å². The summed E-state index contributed by atoms with van der Waals surface area (Å²) in [5.41, 5.74) is 2.57. The van der Waals surface area contributed by atoms with Gasteiger partial charge in [0.1, 0.15) is 23.9 Å². The van der Waals surface area contributed by atoms with Gasteiger partial charge in [-0.25, -0.2) is 0 Å². The zero-order valence-electron chi connectivity index (χ0n) is 15.5. The van der Waals surface area contributed by atoms with Crippen LogP contribution in [0.25, 0.3) is 0 Å². The van der Waals surface area contributed by atoms with Crippen LogP contribution in [0.1, 0.15) is 16.7 Å². The molecule has 0 fully saturated rings. The molecule has 28 heavy (non-hydrogen) atoms. The number of carbonyl (C=O) groups excluding carboxylic acids is 1. The van der Waals surface area contributed by atoms with Gasteiger partial charge in [0, 0.05) is 12.1 Å². The van der Waals surface area contributed by atoms with Gasteiger partial charge in [0.15, 0.2) is 0 Å². The largest absolute Gasteiger partial charge is 0.508 e. The Kier molecular flexibility index (Phi) is 6.52. The topological polar surface area (TPSA) is 78.8 Å². The Labute approximate surface area is 164 Å². The third-order valence-electron chi connectivity index (χ3n) is 4.30. The van der Waals surface area contributed by atoms with E-state index in [1.54, 1.807) is 0 Å². The summed E-state index contributed by atoms with van der Waals surface area (Å²) in [5.74, 6) is 0.596. The first kappa shape index (κ1) is 19.3. The van der Waals surface area contributed by atoms with E-state index in [9.17, 15) is 15.0 Å². The fourth-order valence-electron chi connectivity index (χ4n) is 2.83. The van der Waals surface area contributed by atoms with E-state index in [1.165, 1.54) is 18.2 Å². The van der Waals surface area contributed by atoms with Crippen molar-refractivity contribution in [3.63, 3.8) is 0 Å². The maximum atomic E-state index is 12.1. The highest BCUT2D eigenvalue weighted by atomic mass is 16.5. The lowest BCUT2D eigenvalue weighted by molar-refractivity contribution is -0.120. The molecule has 0 aliphatic rings. The molecule has 0 bridgehead atoms. The maximum Gasteiger partial charge on any atom is 0.224 e. The van der Waals surface area contributed by atoms with Gasteiger partial charge in [-0.05, 0) is 47.9 Å². The van der Waals surface area contributed by atoms with E-state index in [0.29, 0.717) is 25.1 Å². The number of benzene rings is 3. The molecular formula is C23H23NO4. The first-order valence-electron chi connectivity index (χ1n) is 9.13. The smallest absolute Gasteiger partial charge is 0.224 e. The highest BCUT2D eigenvalue weighted by Crippen LogP contribution is 2.22. The molecule has 0 aliphatic carbocycles. The van der Waals surface area contributed by atoms with Gasteiger partial charge < -0.3 is 20.3 Å². The van der Waals surface area contributed by atoms with E-state index >= 15 is 0 Å². The Hall–Kier alpha value is -3.47. The molecule has 0 spiro atoms. The first-order valence-corrected chi connectivity index (χ1v) is 9.13. The number of carbonyl (C=O) groups is 1. The summed E-state index contributed by atoms with van der Waals surface area (Å²) in [5, 5.41) is 22.0. The van der Waals surface area contributed by atoms with Crippen molar-refractivity contribution in [2.45, 2.75) is 19.4 Å². The summed E-state index contributed by atoms with van der Waals surface area (Å²) in [4.78, 5) is 12.1. The SMILES string of the molecule is O=C(Cc1cc(O)ccc1O)NCCc1cccc(OCc2ccccc2)c1. The first-order chi connectivity index (χ1) is 13.6. The molecule has 3 rings (SSSR count). The average Bonchev–Trinajstić information content (AvgIpc) is 2.70. The number of phenols is 2. The fraction of sp³-hybridized carbons (Fsp3) is 0.174. The average molecular weight is 377 g/mol. The van der Waals surface area contributed by atoms with Crippen molar-refractivity contribution in [3.8, 4) is 17.2 Å². The molecule has 0 radical (unpaired) electrons. The Morgan fingerprint density at radius 1 is 0.893 bits per heavy atom. The van der Waals surface area contributed by atoms with E-state index < -0.39 is 0 Å². The predicted molar refractivity (Wildman–Crippen MR) is 107 cm³/mol. The van der Waals surface area contributed by atoms with Crippen molar-refractivity contribution in [1.82, 2.24) is 5.32 Å². The Morgan fingerprint density at radius 2 is 1.68 bits per heavy atom. The van der Waals surface area contributed by atoms with Gasteiger partial charge in [-0.15, -0.1) is 0 Å². The van der Waals surface area contributed by atoms with E-state index in [-0.39, 0.29) is 23.8 Å². The van der Waals surface area contributed by atoms with E-state index in [4.69, 9.17) is 4.74 Å². The lowest BCUT2D eigenvalue weighted by Crippen LogP contribution is -2.27. The summed E-state index contributed by atoms with van der Waals surface area (Å²) in [6.07, 6.45) is 0.681. The Balaban J connectivity index is 1.46. The molecule has 0 aliphatic heterocycles. The van der Waals surface area contributed by atoms with Crippen molar-refractivity contribution in [2.75, 3.05) is 6.54 Å². The highest BCUT2D eigenvalue weighted by molar-refractivity contribution is 5.79. The fourth-order valence-corrected chi connectivity index (χ4v) is 2.83. The van der Waals surface area contributed by atoms with Crippen LogP contribution in [0.4, 0.5) is 0 Å². The van der Waals surface area contributed by atoms with Crippen molar-refractivity contribution in [1.29, 1.82) is 0 Å². The molecule has 3 N–H and O–H groups in total. The Bertz CT molecular complexity index is 925. The lowest BCUT2D eigenvalue weighted by Gasteiger charge is -2.09. The predicted octanol–water partition coefficient (Wildman–Crippen LogP) is 3.58. The number of ether oxygens (including phenoxy) is 1. The van der Waals surface area contributed by atoms with Gasteiger partial charge in [0.05, 0.1) is 6.42 Å². The minimum Gasteiger partial charge on any atom is -0.508 e. The van der Waals surface area contributed by atoms with Crippen LogP contribution in [0.5, 0.6) is 17.2 Å². The minimum absolute atomic E-state index is 0.00350. The molecule has 144 valence electrons. The van der Waals surface area contributed by atoms with Crippen LogP contribution in [-0.4, -0.2) is 22.7 Å². The number of nitrogens with one attached hydrogen (secondary N) is 1. The molecule has 0 saturated heterocycles. The molecule has 3 aromatic rings. The molecule has 5 heteroatoms. The van der Waals surface area contributed by atoms with Crippen LogP contribution in [-0.2, 0) is 24.2 Å². The van der Waals surface area contributed by atoms with Crippen molar-refractivity contribution < 1.29 is 19.7 Å². The second kappa shape index (κ2) is 9.46. The van der Waals surface area contributed by atoms with Gasteiger partial charge in [-0.2, -0.15) is 0 Å². The van der Waals surface area contributed by atoms with Crippen LogP contribution in [0.3, 0.4) is 0 Å². The van der Waals surface area contributed by atoms with Gasteiger partial charge in [0.2, 0.25) is 5.91 Å². The van der Waals surface area contributed by atoms with Gasteiger partial charge in [-0.3, -0.25) is 4.79 Å². The Morgan fingerprint density at radius 3 is 2.50 bits per heavy atom. The summed E-state index contributed by atoms with van der Waals surface area (Å²) in [6, 6.07) is 21.9. The molecule has 5 nitrogen and oxygen atoms in total. The van der Waals surface area contributed by atoms with Crippen LogP contribution < -0.4 is 10.1 Å². The zero-order chi connectivity index (χ0) is 19.8. The summed E-state index contributed by atoms with van der Waals surface area (Å²) in [7, 11) is 0. The number of amides is 1. The third-order valence-corrected chi connectivity index (χ3v) is 4.30. The lowest BCUT2D eigenvalue weighted by atomic mass is 10.1. The number of rotatable bonds is 8. The molecule has 0 atom stereocenters. The molecular weight excluding hydrogens is 354 g/mol. The standard InChI is InChI=1S/C23H23NO4/c25-20-9-10-22(26)19(14-20)15-23(27)24-12-11-17-7-4-8-21(13-17)28-16-18-5-2-1-3-6-18/h1-10,13-14,25-26H,11-12,15-16H2,(H,24,27). The van der Waals surface area contributed by atoms with Crippen molar-refractivity contribution in [2.24, 2.45) is 0 Å². The normalized spacial score (nSPS) is 10.4. The molecule has 0 saturated carbocycles. The molecule has 0 aromatic heterocycles. The zero-order valence-corrected chi connectivity index (χ0v) is 15.5. The number of hydrogen-bond acceptors (Lipinski definition) is 4. The van der Waals surface area contributed by atoms with Crippen molar-refractivity contribution in [3.05, 3.63) is 89.5 Å². The van der Waals surface area contributed by atoms with E-state index in [0.717, 1.165) is 16.9 Å². The summed E-state index contributed by atoms with van der Waals surface area (Å²) < 4.78 is 5.82. The number of hydrogen-bond donors (Lipinski definition) is 3. The second-order valence-corrected chi connectivity index (χ2v) is 6.51. The molecule has 1 amide bonds. The minimum atomic E-state index is -0.211. The van der Waals surface area contributed by atoms with E-state index in [1.807, 2.05) is 54.6 Å². The monoisotopic (exact) mass is 377 g/mol.